The minimum atomic E-state index is -0.932. The Bertz CT molecular complexity index is 1340. The molecule has 10 heteroatoms. The van der Waals surface area contributed by atoms with E-state index < -0.39 is 36.0 Å². The van der Waals surface area contributed by atoms with Gasteiger partial charge in [0.1, 0.15) is 29.8 Å². The molecule has 2 N–H and O–H groups in total. The van der Waals surface area contributed by atoms with Crippen LogP contribution in [0.4, 0.5) is 0 Å². The molecule has 0 amide bonds. The lowest BCUT2D eigenvalue weighted by Gasteiger charge is -2.32. The van der Waals surface area contributed by atoms with Crippen LogP contribution < -0.4 is 0 Å². The van der Waals surface area contributed by atoms with E-state index in [1.807, 2.05) is 71.1 Å². The zero-order chi connectivity index (χ0) is 34.7. The van der Waals surface area contributed by atoms with E-state index in [0.717, 1.165) is 16.8 Å². The number of rotatable bonds is 10. The summed E-state index contributed by atoms with van der Waals surface area (Å²) in [5.74, 6) is -1.07. The lowest BCUT2D eigenvalue weighted by Crippen LogP contribution is -2.41. The molecule has 260 valence electrons. The molecule has 0 radical (unpaired) electrons. The van der Waals surface area contributed by atoms with Crippen molar-refractivity contribution in [3.05, 3.63) is 71.5 Å². The van der Waals surface area contributed by atoms with Crippen LogP contribution in [0.5, 0.6) is 0 Å². The predicted octanol–water partition coefficient (Wildman–Crippen LogP) is 5.83. The van der Waals surface area contributed by atoms with Crippen molar-refractivity contribution in [2.75, 3.05) is 13.7 Å². The van der Waals surface area contributed by atoms with E-state index in [1.165, 1.54) is 6.08 Å². The minimum absolute atomic E-state index is 0.126. The molecule has 47 heavy (non-hydrogen) atoms. The summed E-state index contributed by atoms with van der Waals surface area (Å²) in [5.41, 5.74) is 1.78. The van der Waals surface area contributed by atoms with Gasteiger partial charge in [-0.2, -0.15) is 0 Å². The molecule has 1 saturated heterocycles. The molecule has 9 atom stereocenters. The van der Waals surface area contributed by atoms with E-state index in [9.17, 15) is 19.8 Å². The van der Waals surface area contributed by atoms with Crippen molar-refractivity contribution in [1.82, 2.24) is 4.98 Å². The fraction of sp³-hybridized carbons (Fsp3) is 0.595. The number of fused-ring (bicyclic) bond motifs is 1. The molecule has 1 fully saturated rings. The number of hydrogen-bond donors (Lipinski definition) is 2. The van der Waals surface area contributed by atoms with Crippen molar-refractivity contribution in [3.63, 3.8) is 0 Å². The maximum atomic E-state index is 13.1. The first-order valence-corrected chi connectivity index (χ1v) is 16.5. The summed E-state index contributed by atoms with van der Waals surface area (Å²) in [5, 5.41) is 22.2. The van der Waals surface area contributed by atoms with Crippen molar-refractivity contribution < 1.29 is 43.2 Å². The Balaban J connectivity index is 1.82. The number of ether oxygens (including phenoxy) is 4. The van der Waals surface area contributed by atoms with Gasteiger partial charge >= 0.3 is 11.9 Å². The number of carbonyl (C=O) groups is 2. The van der Waals surface area contributed by atoms with E-state index in [1.54, 1.807) is 33.3 Å². The van der Waals surface area contributed by atoms with Gasteiger partial charge in [0.25, 0.3) is 0 Å². The summed E-state index contributed by atoms with van der Waals surface area (Å²) in [6, 6.07) is 0. The van der Waals surface area contributed by atoms with Gasteiger partial charge in [-0.15, -0.1) is 0 Å². The predicted molar refractivity (Wildman–Crippen MR) is 179 cm³/mol. The highest BCUT2D eigenvalue weighted by molar-refractivity contribution is 5.82. The van der Waals surface area contributed by atoms with E-state index in [-0.39, 0.29) is 49.3 Å². The summed E-state index contributed by atoms with van der Waals surface area (Å²) < 4.78 is 28.2. The van der Waals surface area contributed by atoms with Crippen LogP contribution >= 0.6 is 0 Å². The number of oxazole rings is 1. The van der Waals surface area contributed by atoms with E-state index in [0.29, 0.717) is 18.7 Å². The van der Waals surface area contributed by atoms with Crippen LogP contribution in [0.2, 0.25) is 0 Å². The quantitative estimate of drug-likeness (QED) is 0.137. The number of aliphatic hydroxyl groups excluding tert-OH is 2. The fourth-order valence-electron chi connectivity index (χ4n) is 5.97. The van der Waals surface area contributed by atoms with Crippen molar-refractivity contribution in [3.8, 4) is 0 Å². The molecule has 0 aliphatic carbocycles. The van der Waals surface area contributed by atoms with Gasteiger partial charge in [0.15, 0.2) is 5.89 Å². The molecule has 2 aliphatic heterocycles. The Morgan fingerprint density at radius 3 is 2.64 bits per heavy atom. The Labute approximate surface area is 279 Å². The molecule has 0 bridgehead atoms. The third kappa shape index (κ3) is 11.4. The van der Waals surface area contributed by atoms with Crippen LogP contribution in [0, 0.1) is 24.7 Å². The molecule has 0 spiro atoms. The van der Waals surface area contributed by atoms with Crippen LogP contribution in [0.15, 0.2) is 64.4 Å². The number of esters is 2. The first-order chi connectivity index (χ1) is 22.3. The highest BCUT2D eigenvalue weighted by Crippen LogP contribution is 2.43. The molecule has 1 unspecified atom stereocenters. The summed E-state index contributed by atoms with van der Waals surface area (Å²) in [4.78, 5) is 29.7. The van der Waals surface area contributed by atoms with E-state index >= 15 is 0 Å². The zero-order valence-corrected chi connectivity index (χ0v) is 29.0. The van der Waals surface area contributed by atoms with E-state index in [2.05, 4.69) is 4.98 Å². The third-order valence-electron chi connectivity index (χ3n) is 9.03. The van der Waals surface area contributed by atoms with Crippen molar-refractivity contribution in [1.29, 1.82) is 0 Å². The number of aromatic nitrogens is 1. The van der Waals surface area contributed by atoms with Crippen LogP contribution in [0.1, 0.15) is 78.8 Å². The molecule has 1 aromatic rings. The smallest absolute Gasteiger partial charge is 0.330 e. The maximum Gasteiger partial charge on any atom is 0.330 e. The SMILES string of the molecule is CCOC(=O)C[C@@H]1C/C=C/C(=O)OC([C@H](C)[C@@H](OC)/C(C)=C/C=C/C(C)=C/c2coc(C)n2)C[C@H](O)[C@]2(C)O[C@@H]2/C=C/[C@@H](C)[C@H](O)C1. The van der Waals surface area contributed by atoms with Crippen LogP contribution in [0.25, 0.3) is 6.08 Å². The molecule has 2 aliphatic rings. The fourth-order valence-corrected chi connectivity index (χ4v) is 5.97. The first kappa shape index (κ1) is 38.1. The van der Waals surface area contributed by atoms with Crippen LogP contribution in [-0.2, 0) is 28.5 Å². The summed E-state index contributed by atoms with van der Waals surface area (Å²) in [6.07, 6.45) is 14.0. The largest absolute Gasteiger partial charge is 0.466 e. The Hall–Kier alpha value is -3.31. The Kier molecular flexibility index (Phi) is 14.4. The number of carbonyl (C=O) groups excluding carboxylic acids is 2. The molecular formula is C37H53NO9. The Morgan fingerprint density at radius 2 is 1.98 bits per heavy atom. The van der Waals surface area contributed by atoms with Gasteiger partial charge in [0, 0.05) is 44.8 Å². The molecule has 0 saturated carbocycles. The number of allylic oxidation sites excluding steroid dienone is 5. The van der Waals surface area contributed by atoms with Gasteiger partial charge in [-0.3, -0.25) is 4.79 Å². The average Bonchev–Trinajstić information content (AvgIpc) is 3.51. The second kappa shape index (κ2) is 17.7. The average molecular weight is 656 g/mol. The van der Waals surface area contributed by atoms with Crippen LogP contribution in [-0.4, -0.2) is 77.0 Å². The first-order valence-electron chi connectivity index (χ1n) is 16.5. The number of cyclic esters (lactones) is 1. The van der Waals surface area contributed by atoms with Gasteiger partial charge in [0.2, 0.25) is 0 Å². The lowest BCUT2D eigenvalue weighted by molar-refractivity contribution is -0.150. The maximum absolute atomic E-state index is 13.1. The van der Waals surface area contributed by atoms with Gasteiger partial charge < -0.3 is 33.6 Å². The summed E-state index contributed by atoms with van der Waals surface area (Å²) in [7, 11) is 1.61. The summed E-state index contributed by atoms with van der Waals surface area (Å²) in [6.45, 7) is 13.4. The normalized spacial score (nSPS) is 32.3. The lowest BCUT2D eigenvalue weighted by atomic mass is 9.85. The van der Waals surface area contributed by atoms with Crippen molar-refractivity contribution in [2.24, 2.45) is 17.8 Å². The van der Waals surface area contributed by atoms with E-state index in [4.69, 9.17) is 23.4 Å². The van der Waals surface area contributed by atoms with Gasteiger partial charge in [-0.25, -0.2) is 9.78 Å². The van der Waals surface area contributed by atoms with Gasteiger partial charge in [0.05, 0.1) is 24.9 Å². The molecule has 0 aromatic carbocycles. The highest BCUT2D eigenvalue weighted by atomic mass is 16.6. The number of aryl methyl sites for hydroxylation is 1. The number of aliphatic hydroxyl groups is 2. The van der Waals surface area contributed by atoms with Crippen LogP contribution in [0.3, 0.4) is 0 Å². The second-order valence-corrected chi connectivity index (χ2v) is 13.0. The number of methoxy groups -OCH3 is 1. The standard InChI is InChI=1S/C37H53NO9/c1-9-44-35(42)20-28-14-11-15-34(41)46-31(21-32(40)37(7)33(47-37)17-16-24(3)30(39)19-28)26(5)36(43-8)25(4)13-10-12-23(2)18-29-22-45-27(6)38-29/h10-13,15-18,22,24,26,28,30-33,36,39-40H,9,14,19-21H2,1-8H3/b12-10+,15-11+,17-16+,23-18+,25-13+/t24-,26+,28-,30-,31?,32+,33-,36+,37+/m1/s1. The molecule has 3 rings (SSSR count). The zero-order valence-electron chi connectivity index (χ0n) is 29.0. The van der Waals surface area contributed by atoms with Gasteiger partial charge in [-0.05, 0) is 63.7 Å². The Morgan fingerprint density at radius 1 is 1.23 bits per heavy atom. The van der Waals surface area contributed by atoms with Crippen molar-refractivity contribution >= 4 is 18.0 Å². The molecule has 10 nitrogen and oxygen atoms in total. The monoisotopic (exact) mass is 655 g/mol. The molecular weight excluding hydrogens is 602 g/mol. The highest BCUT2D eigenvalue weighted by Gasteiger charge is 2.57. The summed E-state index contributed by atoms with van der Waals surface area (Å²) >= 11 is 0. The molecule has 1 aromatic heterocycles. The van der Waals surface area contributed by atoms with Gasteiger partial charge in [-0.1, -0.05) is 50.3 Å². The molecule has 3 heterocycles. The minimum Gasteiger partial charge on any atom is -0.466 e. The topological polar surface area (TPSA) is 141 Å². The second-order valence-electron chi connectivity index (χ2n) is 13.0. The number of nitrogens with zero attached hydrogens (tertiary/aromatic N) is 1. The van der Waals surface area contributed by atoms with Crippen molar-refractivity contribution in [2.45, 2.75) is 110 Å². The number of hydrogen-bond acceptors (Lipinski definition) is 10. The number of epoxide rings is 1. The third-order valence-corrected chi connectivity index (χ3v) is 9.03.